The monoisotopic (exact) mass is 263 g/mol. The number of nitro benzene ring substituents is 1. The molecule has 0 saturated carbocycles. The third kappa shape index (κ3) is 3.63. The van der Waals surface area contributed by atoms with E-state index in [1.807, 2.05) is 6.92 Å². The molecule has 1 aromatic carbocycles. The lowest BCUT2D eigenvalue weighted by molar-refractivity contribution is -0.388. The van der Waals surface area contributed by atoms with E-state index in [1.54, 1.807) is 0 Å². The normalized spacial score (nSPS) is 12.5. The van der Waals surface area contributed by atoms with Crippen LogP contribution < -0.4 is 0 Å². The molecule has 6 heteroatoms. The zero-order chi connectivity index (χ0) is 13.0. The van der Waals surface area contributed by atoms with Crippen LogP contribution in [0.2, 0.25) is 0 Å². The summed E-state index contributed by atoms with van der Waals surface area (Å²) >= 11 is 5.93. The second-order valence-corrected chi connectivity index (χ2v) is 4.36. The Kier molecular flexibility index (Phi) is 4.81. The fourth-order valence-corrected chi connectivity index (χ4v) is 2.02. The second kappa shape index (κ2) is 5.91. The van der Waals surface area contributed by atoms with Crippen molar-refractivity contribution in [3.05, 3.63) is 39.4 Å². The van der Waals surface area contributed by atoms with Crippen molar-refractivity contribution in [1.29, 1.82) is 0 Å². The van der Waals surface area contributed by atoms with Crippen molar-refractivity contribution in [3.8, 4) is 0 Å². The molecule has 0 heterocycles. The smallest absolute Gasteiger partial charge is 0.258 e. The maximum Gasteiger partial charge on any atom is 0.308 e. The molecule has 1 atom stereocenters. The van der Waals surface area contributed by atoms with Gasteiger partial charge in [-0.25, -0.2) is 4.39 Å². The highest BCUT2D eigenvalue weighted by molar-refractivity contribution is 6.20. The van der Waals surface area contributed by atoms with Crippen LogP contribution >= 0.6 is 11.6 Å². The molecule has 0 N–H and O–H groups in total. The molecule has 3 nitrogen and oxygen atoms in total. The van der Waals surface area contributed by atoms with Gasteiger partial charge in [0.15, 0.2) is 0 Å². The van der Waals surface area contributed by atoms with Gasteiger partial charge in [0.05, 0.1) is 4.92 Å². The molecule has 0 bridgehead atoms. The quantitative estimate of drug-likeness (QED) is 0.460. The van der Waals surface area contributed by atoms with Gasteiger partial charge in [-0.1, -0.05) is 13.3 Å². The van der Waals surface area contributed by atoms with Crippen molar-refractivity contribution in [2.24, 2.45) is 0 Å². The summed E-state index contributed by atoms with van der Waals surface area (Å²) in [5, 5.41) is 10.3. The Morgan fingerprint density at radius 1 is 1.47 bits per heavy atom. The Morgan fingerprint density at radius 3 is 2.65 bits per heavy atom. The van der Waals surface area contributed by atoms with Crippen LogP contribution in [0.3, 0.4) is 0 Å². The lowest BCUT2D eigenvalue weighted by atomic mass is 10.0. The molecule has 0 radical (unpaired) electrons. The third-order valence-corrected chi connectivity index (χ3v) is 2.71. The van der Waals surface area contributed by atoms with Crippen LogP contribution in [0.15, 0.2) is 12.1 Å². The molecule has 0 aliphatic carbocycles. The zero-order valence-corrected chi connectivity index (χ0v) is 10.0. The summed E-state index contributed by atoms with van der Waals surface area (Å²) in [6.07, 6.45) is 1.52. The molecular formula is C11H12ClF2NO2. The number of nitro groups is 1. The standard InChI is InChI=1S/C11H12ClF2NO2/c1-2-3-8(12)4-7-5-9(13)6-10(14)11(7)15(16)17/h5-6,8H,2-4H2,1H3. The van der Waals surface area contributed by atoms with Gasteiger partial charge < -0.3 is 0 Å². The van der Waals surface area contributed by atoms with E-state index < -0.39 is 22.2 Å². The first-order valence-corrected chi connectivity index (χ1v) is 5.65. The molecule has 94 valence electrons. The molecule has 0 fully saturated rings. The predicted molar refractivity (Wildman–Crippen MR) is 61.3 cm³/mol. The summed E-state index contributed by atoms with van der Waals surface area (Å²) in [4.78, 5) is 9.85. The minimum atomic E-state index is -1.16. The van der Waals surface area contributed by atoms with E-state index in [9.17, 15) is 18.9 Å². The van der Waals surface area contributed by atoms with Gasteiger partial charge in [-0.15, -0.1) is 11.6 Å². The second-order valence-electron chi connectivity index (χ2n) is 3.74. The van der Waals surface area contributed by atoms with Gasteiger partial charge in [0, 0.05) is 17.0 Å². The molecule has 1 rings (SSSR count). The van der Waals surface area contributed by atoms with E-state index in [2.05, 4.69) is 0 Å². The van der Waals surface area contributed by atoms with Gasteiger partial charge >= 0.3 is 5.69 Å². The first kappa shape index (κ1) is 13.8. The first-order valence-electron chi connectivity index (χ1n) is 5.22. The summed E-state index contributed by atoms with van der Waals surface area (Å²) in [6, 6.07) is 1.47. The van der Waals surface area contributed by atoms with Gasteiger partial charge in [-0.3, -0.25) is 10.1 Å². The van der Waals surface area contributed by atoms with Gasteiger partial charge in [0.1, 0.15) is 5.82 Å². The molecule has 0 saturated heterocycles. The van der Waals surface area contributed by atoms with Gasteiger partial charge in [0.2, 0.25) is 5.82 Å². The highest BCUT2D eigenvalue weighted by Crippen LogP contribution is 2.27. The summed E-state index contributed by atoms with van der Waals surface area (Å²) in [7, 11) is 0. The van der Waals surface area contributed by atoms with Crippen LogP contribution in [0.4, 0.5) is 14.5 Å². The Morgan fingerprint density at radius 2 is 2.12 bits per heavy atom. The van der Waals surface area contributed by atoms with E-state index in [0.717, 1.165) is 12.5 Å². The topological polar surface area (TPSA) is 43.1 Å². The number of alkyl halides is 1. The summed E-state index contributed by atoms with van der Waals surface area (Å²) in [6.45, 7) is 1.91. The van der Waals surface area contributed by atoms with Crippen LogP contribution in [0.5, 0.6) is 0 Å². The fraction of sp³-hybridized carbons (Fsp3) is 0.455. The van der Waals surface area contributed by atoms with E-state index in [0.29, 0.717) is 12.5 Å². The van der Waals surface area contributed by atoms with Crippen molar-refractivity contribution in [2.45, 2.75) is 31.6 Å². The van der Waals surface area contributed by atoms with Crippen LogP contribution in [0.1, 0.15) is 25.3 Å². The van der Waals surface area contributed by atoms with Crippen molar-refractivity contribution < 1.29 is 13.7 Å². The van der Waals surface area contributed by atoms with Crippen LogP contribution in [0, 0.1) is 21.7 Å². The number of benzene rings is 1. The highest BCUT2D eigenvalue weighted by atomic mass is 35.5. The average molecular weight is 264 g/mol. The average Bonchev–Trinajstić information content (AvgIpc) is 2.15. The van der Waals surface area contributed by atoms with Crippen molar-refractivity contribution >= 4 is 17.3 Å². The van der Waals surface area contributed by atoms with Gasteiger partial charge in [-0.05, 0) is 18.9 Å². The summed E-state index contributed by atoms with van der Waals surface area (Å²) < 4.78 is 26.3. The molecule has 0 spiro atoms. The Labute approximate surface area is 103 Å². The van der Waals surface area contributed by atoms with Crippen molar-refractivity contribution in [1.82, 2.24) is 0 Å². The number of rotatable bonds is 5. The summed E-state index contributed by atoms with van der Waals surface area (Å²) in [5.41, 5.74) is -0.686. The number of hydrogen-bond acceptors (Lipinski definition) is 2. The molecule has 17 heavy (non-hydrogen) atoms. The highest BCUT2D eigenvalue weighted by Gasteiger charge is 2.23. The predicted octanol–water partition coefficient (Wildman–Crippen LogP) is 3.82. The third-order valence-electron chi connectivity index (χ3n) is 2.33. The first-order chi connectivity index (χ1) is 7.95. The lowest BCUT2D eigenvalue weighted by Crippen LogP contribution is -2.07. The molecular weight excluding hydrogens is 252 g/mol. The maximum atomic E-state index is 13.3. The van der Waals surface area contributed by atoms with Crippen LogP contribution in [-0.2, 0) is 6.42 Å². The van der Waals surface area contributed by atoms with Gasteiger partial charge in [-0.2, -0.15) is 4.39 Å². The van der Waals surface area contributed by atoms with Gasteiger partial charge in [0.25, 0.3) is 0 Å². The molecule has 0 aliphatic rings. The fourth-order valence-electron chi connectivity index (χ4n) is 1.63. The SMILES string of the molecule is CCCC(Cl)Cc1cc(F)cc(F)c1[N+](=O)[O-]. The zero-order valence-electron chi connectivity index (χ0n) is 9.25. The summed E-state index contributed by atoms with van der Waals surface area (Å²) in [5.74, 6) is -1.99. The van der Waals surface area contributed by atoms with E-state index in [4.69, 9.17) is 11.6 Å². The number of hydrogen-bond donors (Lipinski definition) is 0. The molecule has 1 unspecified atom stereocenters. The largest absolute Gasteiger partial charge is 0.308 e. The van der Waals surface area contributed by atoms with E-state index in [-0.39, 0.29) is 17.4 Å². The maximum absolute atomic E-state index is 13.3. The van der Waals surface area contributed by atoms with Crippen LogP contribution in [0.25, 0.3) is 0 Å². The minimum absolute atomic E-state index is 0.000880. The van der Waals surface area contributed by atoms with Crippen molar-refractivity contribution in [3.63, 3.8) is 0 Å². The molecule has 0 aliphatic heterocycles. The molecule has 1 aromatic rings. The molecule has 0 aromatic heterocycles. The van der Waals surface area contributed by atoms with E-state index in [1.165, 1.54) is 0 Å². The van der Waals surface area contributed by atoms with E-state index >= 15 is 0 Å². The minimum Gasteiger partial charge on any atom is -0.258 e. The number of halogens is 3. The van der Waals surface area contributed by atoms with Crippen molar-refractivity contribution in [2.75, 3.05) is 0 Å². The Hall–Kier alpha value is -1.23. The Bertz CT molecular complexity index is 426. The Balaban J connectivity index is 3.08. The lowest BCUT2D eigenvalue weighted by Gasteiger charge is -2.09. The molecule has 0 amide bonds. The number of nitrogens with zero attached hydrogens (tertiary/aromatic N) is 1. The van der Waals surface area contributed by atoms with Crippen LogP contribution in [-0.4, -0.2) is 10.3 Å².